The molecule has 0 aromatic heterocycles. The van der Waals surface area contributed by atoms with Gasteiger partial charge in [0.05, 0.1) is 0 Å². The largest absolute Gasteiger partial charge is 0.455 e. The van der Waals surface area contributed by atoms with E-state index < -0.39 is 17.7 Å². The molecule has 0 amide bonds. The van der Waals surface area contributed by atoms with Gasteiger partial charge in [0.1, 0.15) is 5.75 Å². The Morgan fingerprint density at radius 3 is 1.36 bits per heavy atom. The maximum Gasteiger partial charge on any atom is 0.368 e. The summed E-state index contributed by atoms with van der Waals surface area (Å²) >= 11 is 0. The van der Waals surface area contributed by atoms with Crippen molar-refractivity contribution in [3.63, 3.8) is 0 Å². The van der Waals surface area contributed by atoms with Crippen LogP contribution < -0.4 is 4.74 Å². The third kappa shape index (κ3) is 46.1. The number of esters is 1. The molecular weight excluding hydrogens is 576 g/mol. The topological polar surface area (TPSA) is 192 Å². The second kappa shape index (κ2) is 44.6. The molecule has 12 nitrogen and oxygen atoms in total. The van der Waals surface area contributed by atoms with Crippen molar-refractivity contribution in [1.82, 2.24) is 0 Å². The predicted molar refractivity (Wildman–Crippen MR) is 174 cm³/mol. The van der Waals surface area contributed by atoms with Crippen LogP contribution in [0.5, 0.6) is 5.75 Å². The van der Waals surface area contributed by atoms with Crippen LogP contribution in [0.4, 0.5) is 0 Å². The summed E-state index contributed by atoms with van der Waals surface area (Å²) in [5.74, 6) is -2.30. The molecule has 0 saturated heterocycles. The van der Waals surface area contributed by atoms with Gasteiger partial charge in [-0.05, 0) is 73.9 Å². The van der Waals surface area contributed by atoms with Crippen LogP contribution >= 0.6 is 0 Å². The first kappa shape index (κ1) is 53.7. The minimum atomic E-state index is -1.48. The summed E-state index contributed by atoms with van der Waals surface area (Å²) in [5, 5.41) is 45.4. The molecule has 0 aliphatic carbocycles. The van der Waals surface area contributed by atoms with Gasteiger partial charge in [-0.2, -0.15) is 0 Å². The number of carbonyl (C=O) groups excluding carboxylic acids is 2. The van der Waals surface area contributed by atoms with E-state index in [0.29, 0.717) is 18.6 Å². The van der Waals surface area contributed by atoms with Gasteiger partial charge in [-0.3, -0.25) is 4.89 Å². The monoisotopic (exact) mass is 638 g/mol. The van der Waals surface area contributed by atoms with E-state index >= 15 is 0 Å². The molecule has 0 aliphatic rings. The Bertz CT molecular complexity index is 694. The number of benzene rings is 1. The van der Waals surface area contributed by atoms with Gasteiger partial charge in [0.2, 0.25) is 0 Å². The molecule has 0 fully saturated rings. The van der Waals surface area contributed by atoms with Gasteiger partial charge < -0.3 is 40.1 Å². The van der Waals surface area contributed by atoms with Crippen molar-refractivity contribution < 1.29 is 59.5 Å². The fourth-order valence-corrected chi connectivity index (χ4v) is 1.87. The summed E-state index contributed by atoms with van der Waals surface area (Å²) in [5.41, 5.74) is 0.418. The van der Waals surface area contributed by atoms with Gasteiger partial charge in [0, 0.05) is 57.2 Å². The molecule has 12 heteroatoms. The summed E-state index contributed by atoms with van der Waals surface area (Å²) in [6.45, 7) is 23.4. The number of aliphatic hydroxyl groups excluding tert-OH is 6. The van der Waals surface area contributed by atoms with E-state index in [9.17, 15) is 9.59 Å². The van der Waals surface area contributed by atoms with Gasteiger partial charge in [-0.15, -0.1) is 4.89 Å². The molecule has 1 aromatic rings. The maximum atomic E-state index is 11.8. The zero-order valence-corrected chi connectivity index (χ0v) is 28.5. The van der Waals surface area contributed by atoms with Crippen molar-refractivity contribution in [2.45, 2.75) is 87.4 Å². The molecule has 1 rings (SSSR count). The van der Waals surface area contributed by atoms with E-state index in [-0.39, 0.29) is 57.4 Å². The highest BCUT2D eigenvalue weighted by Crippen LogP contribution is 2.26. The van der Waals surface area contributed by atoms with Gasteiger partial charge in [-0.25, -0.2) is 9.59 Å². The SMILES string of the molecule is C=C(C)C(=O)OCC(CCCC)(OOC(=O)C(=C)C)Oc1ccccc1.CCO.CCO.CCO.CCO.CCO.CCO. The van der Waals surface area contributed by atoms with E-state index in [1.165, 1.54) is 13.8 Å². The minimum Gasteiger partial charge on any atom is -0.455 e. The lowest BCUT2D eigenvalue weighted by Gasteiger charge is -2.31. The number of para-hydroxylation sites is 1. The average Bonchev–Trinajstić information content (AvgIpc) is 2.96. The number of ether oxygens (including phenoxy) is 2. The van der Waals surface area contributed by atoms with Crippen LogP contribution in [0.3, 0.4) is 0 Å². The standard InChI is InChI=1S/C20H26O6.6C2H6O/c1-6-7-13-20(14-23-18(21)15(2)3,26-25-19(22)16(4)5)24-17-11-9-8-10-12-17;6*1-2-3/h8-12H,2,4,6-7,13-14H2,1,3,5H3;6*3H,2H2,1H3. The molecule has 0 spiro atoms. The van der Waals surface area contributed by atoms with E-state index in [4.69, 9.17) is 49.9 Å². The molecule has 262 valence electrons. The van der Waals surface area contributed by atoms with Crippen LogP contribution in [-0.4, -0.2) is 94.6 Å². The lowest BCUT2D eigenvalue weighted by Crippen LogP contribution is -2.45. The summed E-state index contributed by atoms with van der Waals surface area (Å²) in [7, 11) is 0. The molecule has 1 atom stereocenters. The molecule has 0 bridgehead atoms. The van der Waals surface area contributed by atoms with Crippen molar-refractivity contribution in [2.24, 2.45) is 0 Å². The Kier molecular flexibility index (Phi) is 54.4. The van der Waals surface area contributed by atoms with Gasteiger partial charge in [-0.1, -0.05) is 44.7 Å². The lowest BCUT2D eigenvalue weighted by molar-refractivity contribution is -0.391. The number of hydrogen-bond donors (Lipinski definition) is 6. The van der Waals surface area contributed by atoms with Crippen LogP contribution in [0.1, 0.15) is 81.6 Å². The zero-order chi connectivity index (χ0) is 35.8. The predicted octanol–water partition coefficient (Wildman–Crippen LogP) is 4.11. The Balaban J connectivity index is -0.000000165. The number of rotatable bonds is 11. The van der Waals surface area contributed by atoms with Crippen molar-refractivity contribution in [3.05, 3.63) is 54.6 Å². The number of carbonyl (C=O) groups is 2. The first-order chi connectivity index (χ1) is 20.8. The third-order valence-electron chi connectivity index (χ3n) is 3.35. The molecule has 0 heterocycles. The molecule has 1 unspecified atom stereocenters. The van der Waals surface area contributed by atoms with Gasteiger partial charge in [0.25, 0.3) is 5.79 Å². The maximum absolute atomic E-state index is 11.8. The van der Waals surface area contributed by atoms with Gasteiger partial charge >= 0.3 is 11.9 Å². The van der Waals surface area contributed by atoms with Crippen molar-refractivity contribution >= 4 is 11.9 Å². The molecule has 1 aromatic carbocycles. The van der Waals surface area contributed by atoms with Crippen LogP contribution in [0.2, 0.25) is 0 Å². The van der Waals surface area contributed by atoms with Crippen LogP contribution in [0.15, 0.2) is 54.6 Å². The van der Waals surface area contributed by atoms with Crippen LogP contribution in [0, 0.1) is 0 Å². The number of aliphatic hydroxyl groups is 6. The van der Waals surface area contributed by atoms with E-state index in [1.54, 1.807) is 65.8 Å². The molecule has 44 heavy (non-hydrogen) atoms. The van der Waals surface area contributed by atoms with E-state index in [0.717, 1.165) is 6.42 Å². The minimum absolute atomic E-state index is 0.174. The highest BCUT2D eigenvalue weighted by molar-refractivity contribution is 5.87. The number of hydrogen-bond acceptors (Lipinski definition) is 12. The summed E-state index contributed by atoms with van der Waals surface area (Å²) in [4.78, 5) is 33.7. The average molecular weight is 639 g/mol. The third-order valence-corrected chi connectivity index (χ3v) is 3.35. The van der Waals surface area contributed by atoms with Crippen molar-refractivity contribution in [1.29, 1.82) is 0 Å². The Hall–Kier alpha value is -2.84. The van der Waals surface area contributed by atoms with Crippen LogP contribution in [-0.2, 0) is 24.1 Å². The van der Waals surface area contributed by atoms with Crippen LogP contribution in [0.25, 0.3) is 0 Å². The second-order valence-corrected chi connectivity index (χ2v) is 7.92. The molecule has 0 radical (unpaired) electrons. The van der Waals surface area contributed by atoms with E-state index in [2.05, 4.69) is 13.2 Å². The van der Waals surface area contributed by atoms with Crippen molar-refractivity contribution in [2.75, 3.05) is 46.2 Å². The normalized spacial score (nSPS) is 9.89. The summed E-state index contributed by atoms with van der Waals surface area (Å²) in [6, 6.07) is 8.87. The number of unbranched alkanes of at least 4 members (excludes halogenated alkanes) is 1. The molecule has 6 N–H and O–H groups in total. The molecular formula is C32H62O12. The summed E-state index contributed by atoms with van der Waals surface area (Å²) in [6.07, 6.45) is 1.87. The Morgan fingerprint density at radius 1 is 0.682 bits per heavy atom. The van der Waals surface area contributed by atoms with Crippen molar-refractivity contribution in [3.8, 4) is 5.75 Å². The Labute approximate surface area is 265 Å². The quantitative estimate of drug-likeness (QED) is 0.0669. The molecule has 0 aliphatic heterocycles. The smallest absolute Gasteiger partial charge is 0.368 e. The first-order valence-corrected chi connectivity index (χ1v) is 14.6. The van der Waals surface area contributed by atoms with Gasteiger partial charge in [0.15, 0.2) is 6.61 Å². The Morgan fingerprint density at radius 2 is 1.05 bits per heavy atom. The fraction of sp³-hybridized carbons (Fsp3) is 0.625. The first-order valence-electron chi connectivity index (χ1n) is 14.6. The van der Waals surface area contributed by atoms with E-state index in [1.807, 2.05) is 13.0 Å². The lowest BCUT2D eigenvalue weighted by atomic mass is 10.1. The highest BCUT2D eigenvalue weighted by atomic mass is 17.2. The zero-order valence-electron chi connectivity index (χ0n) is 28.5. The summed E-state index contributed by atoms with van der Waals surface area (Å²) < 4.78 is 11.2. The molecule has 0 saturated carbocycles. The second-order valence-electron chi connectivity index (χ2n) is 7.92. The fourth-order valence-electron chi connectivity index (χ4n) is 1.87. The highest BCUT2D eigenvalue weighted by Gasteiger charge is 2.38.